The highest BCUT2D eigenvalue weighted by atomic mass is 35.5. The summed E-state index contributed by atoms with van der Waals surface area (Å²) < 4.78 is 7.76. The fourth-order valence-corrected chi connectivity index (χ4v) is 4.67. The number of imidazole rings is 1. The minimum atomic E-state index is -0.331. The van der Waals surface area contributed by atoms with Gasteiger partial charge in [0, 0.05) is 29.3 Å². The molecule has 3 aromatic heterocycles. The number of aryl methyl sites for hydroxylation is 2. The van der Waals surface area contributed by atoms with Crippen LogP contribution in [0.1, 0.15) is 39.0 Å². The molecule has 0 radical (unpaired) electrons. The van der Waals surface area contributed by atoms with E-state index >= 15 is 0 Å². The molecule has 0 aliphatic heterocycles. The van der Waals surface area contributed by atoms with Crippen LogP contribution in [0.4, 0.5) is 0 Å². The molecule has 144 valence electrons. The van der Waals surface area contributed by atoms with Gasteiger partial charge in [-0.25, -0.2) is 0 Å². The zero-order valence-electron chi connectivity index (χ0n) is 15.7. The van der Waals surface area contributed by atoms with Crippen molar-refractivity contribution in [3.05, 3.63) is 68.8 Å². The standard InChI is InChI=1S/C22H15ClN2O3S/c1-3-11-7-13-14(10-16(11)23)20(27)15(19(13)26)8-12-9-17-22(28-12)24-21(25(17)2)18-5-4-6-29-18/h4-10H,3H2,1-2H3/b15-8-. The quantitative estimate of drug-likeness (QED) is 0.319. The molecule has 0 N–H and O–H groups in total. The Balaban J connectivity index is 1.56. The Labute approximate surface area is 175 Å². The summed E-state index contributed by atoms with van der Waals surface area (Å²) in [4.78, 5) is 31.2. The maximum absolute atomic E-state index is 12.8. The Kier molecular flexibility index (Phi) is 4.08. The first kappa shape index (κ1) is 18.1. The largest absolute Gasteiger partial charge is 0.437 e. The van der Waals surface area contributed by atoms with Crippen molar-refractivity contribution < 1.29 is 14.0 Å². The summed E-state index contributed by atoms with van der Waals surface area (Å²) in [5, 5.41) is 2.50. The summed E-state index contributed by atoms with van der Waals surface area (Å²) in [5.41, 5.74) is 2.94. The van der Waals surface area contributed by atoms with Crippen molar-refractivity contribution in [2.45, 2.75) is 13.3 Å². The monoisotopic (exact) mass is 422 g/mol. The molecule has 0 saturated heterocycles. The van der Waals surface area contributed by atoms with Crippen LogP contribution in [0.15, 0.2) is 45.7 Å². The third-order valence-corrected chi connectivity index (χ3v) is 6.39. The van der Waals surface area contributed by atoms with Gasteiger partial charge in [0.15, 0.2) is 17.4 Å². The number of allylic oxidation sites excluding steroid dienone is 1. The Hall–Kier alpha value is -2.96. The molecule has 0 atom stereocenters. The van der Waals surface area contributed by atoms with E-state index in [9.17, 15) is 9.59 Å². The number of benzene rings is 1. The number of thiophene rings is 1. The van der Waals surface area contributed by atoms with Gasteiger partial charge in [-0.1, -0.05) is 24.6 Å². The van der Waals surface area contributed by atoms with E-state index in [1.807, 2.05) is 36.1 Å². The topological polar surface area (TPSA) is 65.1 Å². The highest BCUT2D eigenvalue weighted by Gasteiger charge is 2.34. The van der Waals surface area contributed by atoms with Crippen molar-refractivity contribution in [2.24, 2.45) is 7.05 Å². The van der Waals surface area contributed by atoms with E-state index in [1.54, 1.807) is 29.5 Å². The van der Waals surface area contributed by atoms with Gasteiger partial charge in [-0.15, -0.1) is 11.3 Å². The molecule has 0 spiro atoms. The number of nitrogens with zero attached hydrogens (tertiary/aromatic N) is 2. The Morgan fingerprint density at radius 1 is 1.21 bits per heavy atom. The minimum absolute atomic E-state index is 0.0851. The van der Waals surface area contributed by atoms with E-state index in [-0.39, 0.29) is 17.1 Å². The normalized spacial score (nSPS) is 15.1. The lowest BCUT2D eigenvalue weighted by molar-refractivity contribution is 0.0990. The number of rotatable bonds is 3. The first-order chi connectivity index (χ1) is 14.0. The Morgan fingerprint density at radius 3 is 2.62 bits per heavy atom. The Bertz CT molecular complexity index is 1340. The van der Waals surface area contributed by atoms with Crippen LogP contribution < -0.4 is 0 Å². The molecule has 0 amide bonds. The van der Waals surface area contributed by atoms with Crippen molar-refractivity contribution in [3.8, 4) is 10.7 Å². The van der Waals surface area contributed by atoms with Crippen molar-refractivity contribution in [1.29, 1.82) is 0 Å². The van der Waals surface area contributed by atoms with Crippen LogP contribution in [0.25, 0.3) is 28.0 Å². The first-order valence-corrected chi connectivity index (χ1v) is 10.4. The number of Topliss-reactive ketones (excluding diaryl/α,β-unsaturated/α-hetero) is 2. The lowest BCUT2D eigenvalue weighted by Crippen LogP contribution is -2.00. The summed E-state index contributed by atoms with van der Waals surface area (Å²) in [6, 6.07) is 9.06. The zero-order chi connectivity index (χ0) is 20.3. The third-order valence-electron chi connectivity index (χ3n) is 5.17. The van der Waals surface area contributed by atoms with Crippen LogP contribution in [0.3, 0.4) is 0 Å². The van der Waals surface area contributed by atoms with Crippen LogP contribution in [0.5, 0.6) is 0 Å². The smallest absolute Gasteiger partial charge is 0.245 e. The maximum atomic E-state index is 12.8. The SMILES string of the molecule is CCc1cc2c(cc1Cl)C(=O)/C(=C\c1cc3c(nc(-c4cccs4)n3C)o1)C2=O. The zero-order valence-corrected chi connectivity index (χ0v) is 17.2. The molecule has 5 rings (SSSR count). The summed E-state index contributed by atoms with van der Waals surface area (Å²) >= 11 is 7.83. The molecule has 1 aliphatic rings. The fourth-order valence-electron chi connectivity index (χ4n) is 3.62. The van der Waals surface area contributed by atoms with E-state index < -0.39 is 0 Å². The van der Waals surface area contributed by atoms with Gasteiger partial charge < -0.3 is 8.98 Å². The van der Waals surface area contributed by atoms with Crippen LogP contribution in [-0.4, -0.2) is 21.1 Å². The summed E-state index contributed by atoms with van der Waals surface area (Å²) in [7, 11) is 1.91. The molecule has 7 heteroatoms. The second-order valence-corrected chi connectivity index (χ2v) is 8.22. The summed E-state index contributed by atoms with van der Waals surface area (Å²) in [5.74, 6) is 0.601. The number of carbonyl (C=O) groups excluding carboxylic acids is 2. The van der Waals surface area contributed by atoms with Crippen LogP contribution in [0.2, 0.25) is 5.02 Å². The average molecular weight is 423 g/mol. The molecule has 5 nitrogen and oxygen atoms in total. The summed E-state index contributed by atoms with van der Waals surface area (Å²) in [6.07, 6.45) is 2.19. The van der Waals surface area contributed by atoms with Gasteiger partial charge in [0.25, 0.3) is 0 Å². The number of hydrogen-bond acceptors (Lipinski definition) is 5. The van der Waals surface area contributed by atoms with Crippen LogP contribution >= 0.6 is 22.9 Å². The van der Waals surface area contributed by atoms with Gasteiger partial charge >= 0.3 is 0 Å². The number of hydrogen-bond donors (Lipinski definition) is 0. The van der Waals surface area contributed by atoms with Gasteiger partial charge in [0.2, 0.25) is 5.71 Å². The minimum Gasteiger partial charge on any atom is -0.437 e. The second-order valence-electron chi connectivity index (χ2n) is 6.87. The molecule has 0 bridgehead atoms. The van der Waals surface area contributed by atoms with Gasteiger partial charge in [0.05, 0.1) is 10.5 Å². The number of furan rings is 1. The van der Waals surface area contributed by atoms with Crippen molar-refractivity contribution in [3.63, 3.8) is 0 Å². The van der Waals surface area contributed by atoms with Crippen molar-refractivity contribution in [1.82, 2.24) is 9.55 Å². The molecule has 0 saturated carbocycles. The number of carbonyl (C=O) groups is 2. The van der Waals surface area contributed by atoms with E-state index in [1.165, 1.54) is 6.08 Å². The van der Waals surface area contributed by atoms with Gasteiger partial charge in [-0.05, 0) is 41.6 Å². The molecule has 0 unspecified atom stereocenters. The lowest BCUT2D eigenvalue weighted by atomic mass is 10.0. The van der Waals surface area contributed by atoms with Gasteiger partial charge in [-0.2, -0.15) is 4.98 Å². The predicted octanol–water partition coefficient (Wildman–Crippen LogP) is 5.57. The Morgan fingerprint density at radius 2 is 1.97 bits per heavy atom. The highest BCUT2D eigenvalue weighted by Crippen LogP contribution is 2.34. The van der Waals surface area contributed by atoms with Crippen LogP contribution in [0, 0.1) is 0 Å². The number of aromatic nitrogens is 2. The van der Waals surface area contributed by atoms with Gasteiger partial charge in [0.1, 0.15) is 11.3 Å². The number of ketones is 2. The molecule has 4 aromatic rings. The van der Waals surface area contributed by atoms with E-state index in [2.05, 4.69) is 4.98 Å². The molecular weight excluding hydrogens is 408 g/mol. The van der Waals surface area contributed by atoms with Crippen LogP contribution in [-0.2, 0) is 13.5 Å². The van der Waals surface area contributed by atoms with E-state index in [0.29, 0.717) is 34.0 Å². The fraction of sp³-hybridized carbons (Fsp3) is 0.136. The lowest BCUT2D eigenvalue weighted by Gasteiger charge is -2.03. The average Bonchev–Trinajstić information content (AvgIpc) is 3.46. The maximum Gasteiger partial charge on any atom is 0.245 e. The van der Waals surface area contributed by atoms with Crippen molar-refractivity contribution in [2.75, 3.05) is 0 Å². The molecule has 29 heavy (non-hydrogen) atoms. The molecular formula is C22H15ClN2O3S. The third kappa shape index (κ3) is 2.71. The molecule has 1 aliphatic carbocycles. The van der Waals surface area contributed by atoms with Crippen molar-refractivity contribution >= 4 is 51.8 Å². The summed E-state index contributed by atoms with van der Waals surface area (Å²) in [6.45, 7) is 1.96. The second kappa shape index (κ2) is 6.54. The van der Waals surface area contributed by atoms with E-state index in [0.717, 1.165) is 21.8 Å². The predicted molar refractivity (Wildman–Crippen MR) is 114 cm³/mol. The molecule has 1 aromatic carbocycles. The van der Waals surface area contributed by atoms with E-state index in [4.69, 9.17) is 16.0 Å². The van der Waals surface area contributed by atoms with Gasteiger partial charge in [-0.3, -0.25) is 9.59 Å². The number of halogens is 1. The number of fused-ring (bicyclic) bond motifs is 2. The first-order valence-electron chi connectivity index (χ1n) is 9.11. The molecule has 3 heterocycles. The molecule has 0 fully saturated rings. The highest BCUT2D eigenvalue weighted by molar-refractivity contribution is 7.13.